The molecule has 1 fully saturated rings. The zero-order valence-corrected chi connectivity index (χ0v) is 24.9. The van der Waals surface area contributed by atoms with Crippen molar-refractivity contribution in [2.75, 3.05) is 44.7 Å². The first-order valence-electron chi connectivity index (χ1n) is 15.7. The quantitative estimate of drug-likeness (QED) is 0.294. The van der Waals surface area contributed by atoms with Gasteiger partial charge in [-0.15, -0.1) is 0 Å². The number of carbonyl (C=O) groups excluding carboxylic acids is 1. The number of likely N-dealkylation sites (N-methyl/N-ethyl adjacent to an activating group) is 2. The Hall–Kier alpha value is -3.77. The highest BCUT2D eigenvalue weighted by Crippen LogP contribution is 2.46. The van der Waals surface area contributed by atoms with Gasteiger partial charge in [0.1, 0.15) is 6.61 Å². The summed E-state index contributed by atoms with van der Waals surface area (Å²) in [6.45, 7) is 7.31. The number of hydrogen-bond donors (Lipinski definition) is 1. The maximum absolute atomic E-state index is 13.2. The number of H-pyrrole nitrogens is 1. The molecule has 3 unspecified atom stereocenters. The fourth-order valence-corrected chi connectivity index (χ4v) is 7.82. The number of benzene rings is 3. The summed E-state index contributed by atoms with van der Waals surface area (Å²) in [7, 11) is 2.26. The molecule has 1 saturated heterocycles. The average Bonchev–Trinajstić information content (AvgIpc) is 3.56. The molecule has 0 radical (unpaired) electrons. The summed E-state index contributed by atoms with van der Waals surface area (Å²) >= 11 is 0. The average molecular weight is 563 g/mol. The normalized spacial score (nSPS) is 22.6. The lowest BCUT2D eigenvalue weighted by Crippen LogP contribution is -2.44. The number of nitrogens with zero attached hydrogens (tertiary/aromatic N) is 3. The molecule has 42 heavy (non-hydrogen) atoms. The summed E-state index contributed by atoms with van der Waals surface area (Å²) in [5, 5.41) is 1.27. The van der Waals surface area contributed by atoms with E-state index >= 15 is 0 Å². The lowest BCUT2D eigenvalue weighted by Gasteiger charge is -2.37. The third kappa shape index (κ3) is 4.96. The third-order valence-electron chi connectivity index (χ3n) is 9.89. The van der Waals surface area contributed by atoms with E-state index in [1.54, 1.807) is 0 Å². The first-order valence-corrected chi connectivity index (χ1v) is 15.7. The van der Waals surface area contributed by atoms with E-state index in [4.69, 9.17) is 4.74 Å². The van der Waals surface area contributed by atoms with E-state index in [2.05, 4.69) is 71.2 Å². The standard InChI is InChI=1S/C36H42N4O2/c1-3-40-33-16-15-26(22-30(33)31-23-38(2)20-18-34(31)40)27-13-9-19-39(36(41)42-24-25-10-5-4-6-11-25)21-17-29-28-12-7-8-14-32(28)37-35(27)29/h4-8,10-12,14-16,22,27,31,34,37H,3,9,13,17-21,23-24H2,1-2H3. The van der Waals surface area contributed by atoms with Gasteiger partial charge in [-0.2, -0.15) is 0 Å². The van der Waals surface area contributed by atoms with Gasteiger partial charge in [0.05, 0.1) is 0 Å². The van der Waals surface area contributed by atoms with Crippen LogP contribution in [-0.2, 0) is 17.8 Å². The summed E-state index contributed by atoms with van der Waals surface area (Å²) < 4.78 is 5.77. The number of piperidine rings is 1. The van der Waals surface area contributed by atoms with Crippen molar-refractivity contribution in [1.29, 1.82) is 0 Å². The van der Waals surface area contributed by atoms with Crippen molar-refractivity contribution in [1.82, 2.24) is 14.8 Å². The van der Waals surface area contributed by atoms with E-state index in [1.165, 1.54) is 51.9 Å². The van der Waals surface area contributed by atoms with Crippen molar-refractivity contribution in [3.63, 3.8) is 0 Å². The number of amides is 1. The predicted molar refractivity (Wildman–Crippen MR) is 169 cm³/mol. The number of carbonyl (C=O) groups is 1. The molecule has 3 atom stereocenters. The number of rotatable bonds is 4. The number of para-hydroxylation sites is 1. The van der Waals surface area contributed by atoms with Gasteiger partial charge in [0.25, 0.3) is 0 Å². The van der Waals surface area contributed by atoms with Gasteiger partial charge in [-0.05, 0) is 80.6 Å². The van der Waals surface area contributed by atoms with Crippen LogP contribution in [0, 0.1) is 0 Å². The molecule has 1 amide bonds. The van der Waals surface area contributed by atoms with Gasteiger partial charge >= 0.3 is 6.09 Å². The lowest BCUT2D eigenvalue weighted by molar-refractivity contribution is 0.0960. The number of aromatic nitrogens is 1. The van der Waals surface area contributed by atoms with Gasteiger partial charge in [0.15, 0.2) is 0 Å². The molecular formula is C36H42N4O2. The molecule has 6 heteroatoms. The molecule has 1 N–H and O–H groups in total. The maximum atomic E-state index is 13.2. The fraction of sp³-hybridized carbons (Fsp3) is 0.417. The molecule has 3 aliphatic heterocycles. The van der Waals surface area contributed by atoms with Crippen LogP contribution in [0.4, 0.5) is 10.5 Å². The van der Waals surface area contributed by atoms with Crippen LogP contribution in [-0.4, -0.2) is 66.7 Å². The van der Waals surface area contributed by atoms with Crippen LogP contribution in [0.15, 0.2) is 72.8 Å². The summed E-state index contributed by atoms with van der Waals surface area (Å²) in [5.41, 5.74) is 9.19. The van der Waals surface area contributed by atoms with Crippen molar-refractivity contribution >= 4 is 22.7 Å². The minimum atomic E-state index is -0.219. The molecule has 3 aliphatic rings. The lowest BCUT2D eigenvalue weighted by atomic mass is 9.84. The Labute approximate surface area is 249 Å². The molecule has 4 heterocycles. The topological polar surface area (TPSA) is 51.8 Å². The smallest absolute Gasteiger partial charge is 0.410 e. The predicted octanol–water partition coefficient (Wildman–Crippen LogP) is 6.90. The summed E-state index contributed by atoms with van der Waals surface area (Å²) in [5.74, 6) is 0.820. The number of hydrogen-bond acceptors (Lipinski definition) is 4. The molecule has 0 spiro atoms. The Balaban J connectivity index is 1.20. The molecule has 4 aromatic rings. The molecule has 0 bridgehead atoms. The zero-order valence-electron chi connectivity index (χ0n) is 24.9. The van der Waals surface area contributed by atoms with Crippen LogP contribution in [0.2, 0.25) is 0 Å². The van der Waals surface area contributed by atoms with Crippen molar-refractivity contribution < 1.29 is 9.53 Å². The minimum absolute atomic E-state index is 0.219. The SMILES string of the molecule is CCN1c2ccc(C3CCCN(C(=O)OCc4ccccc4)CCc4c3[nH]c3ccccc43)cc2C2CN(C)CCC21. The molecule has 3 aromatic carbocycles. The zero-order chi connectivity index (χ0) is 28.6. The second-order valence-corrected chi connectivity index (χ2v) is 12.4. The highest BCUT2D eigenvalue weighted by Gasteiger charge is 2.41. The maximum Gasteiger partial charge on any atom is 0.410 e. The Morgan fingerprint density at radius 1 is 0.976 bits per heavy atom. The number of ether oxygens (including phenoxy) is 1. The van der Waals surface area contributed by atoms with Crippen LogP contribution >= 0.6 is 0 Å². The second-order valence-electron chi connectivity index (χ2n) is 12.4. The van der Waals surface area contributed by atoms with Crippen LogP contribution in [0.1, 0.15) is 66.0 Å². The van der Waals surface area contributed by atoms with E-state index < -0.39 is 0 Å². The second kappa shape index (κ2) is 11.5. The molecule has 6 nitrogen and oxygen atoms in total. The first kappa shape index (κ1) is 27.1. The first-order chi connectivity index (χ1) is 20.6. The van der Waals surface area contributed by atoms with Crippen LogP contribution in [0.5, 0.6) is 0 Å². The van der Waals surface area contributed by atoms with Crippen LogP contribution in [0.25, 0.3) is 10.9 Å². The molecule has 7 rings (SSSR count). The highest BCUT2D eigenvalue weighted by molar-refractivity contribution is 5.85. The highest BCUT2D eigenvalue weighted by atomic mass is 16.6. The summed E-state index contributed by atoms with van der Waals surface area (Å²) in [6.07, 6.45) is 3.72. The number of aromatic amines is 1. The fourth-order valence-electron chi connectivity index (χ4n) is 7.82. The Morgan fingerprint density at radius 2 is 1.81 bits per heavy atom. The Morgan fingerprint density at radius 3 is 2.67 bits per heavy atom. The number of fused-ring (bicyclic) bond motifs is 6. The van der Waals surface area contributed by atoms with E-state index in [0.717, 1.165) is 37.9 Å². The summed E-state index contributed by atoms with van der Waals surface area (Å²) in [4.78, 5) is 24.2. The molecule has 0 aliphatic carbocycles. The monoisotopic (exact) mass is 562 g/mol. The van der Waals surface area contributed by atoms with Gasteiger partial charge < -0.3 is 24.4 Å². The van der Waals surface area contributed by atoms with E-state index in [1.807, 2.05) is 35.2 Å². The van der Waals surface area contributed by atoms with E-state index in [9.17, 15) is 4.79 Å². The Bertz CT molecular complexity index is 1560. The van der Waals surface area contributed by atoms with Crippen molar-refractivity contribution in [3.05, 3.63) is 101 Å². The van der Waals surface area contributed by atoms with Crippen molar-refractivity contribution in [2.24, 2.45) is 0 Å². The minimum Gasteiger partial charge on any atom is -0.445 e. The molecule has 1 aromatic heterocycles. The van der Waals surface area contributed by atoms with Crippen LogP contribution in [0.3, 0.4) is 0 Å². The molecule has 218 valence electrons. The van der Waals surface area contributed by atoms with Crippen molar-refractivity contribution in [3.8, 4) is 0 Å². The van der Waals surface area contributed by atoms with Crippen molar-refractivity contribution in [2.45, 2.75) is 57.1 Å². The number of likely N-dealkylation sites (tertiary alicyclic amines) is 1. The third-order valence-corrected chi connectivity index (χ3v) is 9.89. The Kier molecular flexibility index (Phi) is 7.41. The number of anilines is 1. The van der Waals surface area contributed by atoms with Gasteiger partial charge in [0.2, 0.25) is 0 Å². The van der Waals surface area contributed by atoms with E-state index in [0.29, 0.717) is 31.7 Å². The van der Waals surface area contributed by atoms with Crippen LogP contribution < -0.4 is 4.90 Å². The molecular weight excluding hydrogens is 520 g/mol. The van der Waals surface area contributed by atoms with Gasteiger partial charge in [-0.25, -0.2) is 4.79 Å². The van der Waals surface area contributed by atoms with Gasteiger partial charge in [-0.3, -0.25) is 0 Å². The van der Waals surface area contributed by atoms with Gasteiger partial charge in [0, 0.05) is 66.3 Å². The molecule has 0 saturated carbocycles. The largest absolute Gasteiger partial charge is 0.445 e. The summed E-state index contributed by atoms with van der Waals surface area (Å²) in [6, 6.07) is 26.5. The van der Waals surface area contributed by atoms with E-state index in [-0.39, 0.29) is 12.0 Å². The number of nitrogens with one attached hydrogen (secondary N) is 1. The van der Waals surface area contributed by atoms with Gasteiger partial charge in [-0.1, -0.05) is 60.7 Å².